The van der Waals surface area contributed by atoms with Crippen LogP contribution in [-0.2, 0) is 24.2 Å². The lowest BCUT2D eigenvalue weighted by atomic mass is 9.78. The Labute approximate surface area is 169 Å². The topological polar surface area (TPSA) is 55.2 Å². The molecule has 2 fully saturated rings. The molecule has 3 atom stereocenters. The van der Waals surface area contributed by atoms with E-state index in [9.17, 15) is 9.59 Å². The van der Waals surface area contributed by atoms with Gasteiger partial charge in [-0.3, -0.25) is 14.2 Å². The molecular formula is C22H29N3O2S. The van der Waals surface area contributed by atoms with Gasteiger partial charge < -0.3 is 4.90 Å². The van der Waals surface area contributed by atoms with Crippen LogP contribution >= 0.6 is 11.3 Å². The first kappa shape index (κ1) is 18.3. The van der Waals surface area contributed by atoms with E-state index in [1.165, 1.54) is 36.1 Å². The molecule has 0 radical (unpaired) electrons. The Bertz CT molecular complexity index is 961. The van der Waals surface area contributed by atoms with E-state index in [-0.39, 0.29) is 18.0 Å². The fourth-order valence-electron chi connectivity index (χ4n) is 5.65. The van der Waals surface area contributed by atoms with Crippen molar-refractivity contribution in [3.05, 3.63) is 27.1 Å². The van der Waals surface area contributed by atoms with Gasteiger partial charge >= 0.3 is 0 Å². The minimum absolute atomic E-state index is 0.0254. The molecule has 5 nitrogen and oxygen atoms in total. The highest BCUT2D eigenvalue weighted by Gasteiger charge is 2.35. The summed E-state index contributed by atoms with van der Waals surface area (Å²) >= 11 is 1.67. The van der Waals surface area contributed by atoms with E-state index < -0.39 is 0 Å². The molecule has 6 heteroatoms. The van der Waals surface area contributed by atoms with E-state index in [0.29, 0.717) is 17.9 Å². The largest absolute Gasteiger partial charge is 0.338 e. The predicted molar refractivity (Wildman–Crippen MR) is 112 cm³/mol. The molecule has 2 aromatic rings. The van der Waals surface area contributed by atoms with E-state index in [1.54, 1.807) is 22.2 Å². The monoisotopic (exact) mass is 399 g/mol. The van der Waals surface area contributed by atoms with Crippen molar-refractivity contribution < 1.29 is 4.79 Å². The molecule has 3 aliphatic rings. The number of likely N-dealkylation sites (tertiary alicyclic amines) is 1. The van der Waals surface area contributed by atoms with Crippen LogP contribution in [0.15, 0.2) is 11.1 Å². The molecule has 5 rings (SSSR count). The number of carbonyl (C=O) groups excluding carboxylic acids is 1. The lowest BCUT2D eigenvalue weighted by Crippen LogP contribution is -2.51. The lowest BCUT2D eigenvalue weighted by Gasteiger charge is -2.44. The molecule has 0 aromatic carbocycles. The molecule has 2 aliphatic carbocycles. The summed E-state index contributed by atoms with van der Waals surface area (Å²) in [6, 6.07) is 0.387. The Morgan fingerprint density at radius 1 is 1.21 bits per heavy atom. The highest BCUT2D eigenvalue weighted by Crippen LogP contribution is 2.36. The summed E-state index contributed by atoms with van der Waals surface area (Å²) < 4.78 is 1.56. The molecule has 150 valence electrons. The van der Waals surface area contributed by atoms with Crippen molar-refractivity contribution in [1.82, 2.24) is 14.5 Å². The van der Waals surface area contributed by atoms with Crippen LogP contribution in [-0.4, -0.2) is 32.9 Å². The van der Waals surface area contributed by atoms with E-state index in [0.717, 1.165) is 48.9 Å². The molecular weight excluding hydrogens is 370 g/mol. The summed E-state index contributed by atoms with van der Waals surface area (Å²) in [5, 5.41) is 0.774. The number of carbonyl (C=O) groups is 1. The van der Waals surface area contributed by atoms with Gasteiger partial charge in [0.1, 0.15) is 11.4 Å². The molecule has 1 saturated carbocycles. The van der Waals surface area contributed by atoms with Crippen LogP contribution < -0.4 is 5.56 Å². The van der Waals surface area contributed by atoms with Gasteiger partial charge in [-0.05, 0) is 62.3 Å². The first-order valence-corrected chi connectivity index (χ1v) is 11.7. The maximum atomic E-state index is 13.2. The molecule has 1 saturated heterocycles. The number of aromatic nitrogens is 2. The molecule has 0 N–H and O–H groups in total. The van der Waals surface area contributed by atoms with Crippen LogP contribution in [0.2, 0.25) is 0 Å². The van der Waals surface area contributed by atoms with Gasteiger partial charge in [0, 0.05) is 17.5 Å². The Morgan fingerprint density at radius 3 is 2.93 bits per heavy atom. The Morgan fingerprint density at radius 2 is 2.04 bits per heavy atom. The number of rotatable bonds is 2. The van der Waals surface area contributed by atoms with Gasteiger partial charge in [0.2, 0.25) is 5.91 Å². The smallest absolute Gasteiger partial charge is 0.262 e. The summed E-state index contributed by atoms with van der Waals surface area (Å²) in [6.07, 6.45) is 12.0. The van der Waals surface area contributed by atoms with Gasteiger partial charge in [0.25, 0.3) is 5.56 Å². The third-order valence-electron chi connectivity index (χ3n) is 7.15. The van der Waals surface area contributed by atoms with Crippen LogP contribution in [0, 0.1) is 11.8 Å². The molecule has 28 heavy (non-hydrogen) atoms. The van der Waals surface area contributed by atoms with Gasteiger partial charge in [-0.25, -0.2) is 4.98 Å². The fourth-order valence-corrected chi connectivity index (χ4v) is 6.99. The summed E-state index contributed by atoms with van der Waals surface area (Å²) in [4.78, 5) is 35.1. The average Bonchev–Trinajstić information content (AvgIpc) is 3.07. The van der Waals surface area contributed by atoms with Crippen LogP contribution in [0.25, 0.3) is 10.2 Å². The SMILES string of the molecule is C[C@@H]1CCc2c(sc3ncn(CC(=O)N4CCC[C@@H]5CCCC[C@@H]54)c(=O)c23)C1. The molecule has 1 amide bonds. The normalized spacial score (nSPS) is 27.5. The van der Waals surface area contributed by atoms with Crippen molar-refractivity contribution in [2.75, 3.05) is 6.54 Å². The number of aryl methyl sites for hydroxylation is 1. The highest BCUT2D eigenvalue weighted by molar-refractivity contribution is 7.18. The number of amides is 1. The van der Waals surface area contributed by atoms with Gasteiger partial charge in [-0.1, -0.05) is 19.8 Å². The zero-order valence-electron chi connectivity index (χ0n) is 16.7. The number of fused-ring (bicyclic) bond motifs is 4. The maximum Gasteiger partial charge on any atom is 0.262 e. The Kier molecular flexibility index (Phi) is 4.77. The van der Waals surface area contributed by atoms with E-state index in [1.807, 2.05) is 0 Å². The number of thiophene rings is 1. The minimum Gasteiger partial charge on any atom is -0.338 e. The van der Waals surface area contributed by atoms with Crippen molar-refractivity contribution in [2.24, 2.45) is 11.8 Å². The Hall–Kier alpha value is -1.69. The number of piperidine rings is 1. The van der Waals surface area contributed by atoms with Crippen molar-refractivity contribution in [3.8, 4) is 0 Å². The summed E-state index contributed by atoms with van der Waals surface area (Å²) in [5.74, 6) is 1.43. The second kappa shape index (κ2) is 7.29. The second-order valence-corrected chi connectivity index (χ2v) is 10.1. The van der Waals surface area contributed by atoms with Crippen LogP contribution in [0.5, 0.6) is 0 Å². The second-order valence-electron chi connectivity index (χ2n) is 9.05. The highest BCUT2D eigenvalue weighted by atomic mass is 32.1. The molecule has 3 heterocycles. The van der Waals surface area contributed by atoms with Crippen LogP contribution in [0.1, 0.15) is 62.3 Å². The summed E-state index contributed by atoms with van der Waals surface area (Å²) in [6.45, 7) is 3.25. The number of hydrogen-bond donors (Lipinski definition) is 0. The average molecular weight is 400 g/mol. The standard InChI is InChI=1S/C22H29N3O2S/c1-14-8-9-16-18(11-14)28-21-20(16)22(27)24(13-23-21)12-19(26)25-10-4-6-15-5-2-3-7-17(15)25/h13-15,17H,2-12H2,1H3/t14-,15+,17+/m1/s1. The summed E-state index contributed by atoms with van der Waals surface area (Å²) in [5.41, 5.74) is 1.17. The molecule has 0 unspecified atom stereocenters. The van der Waals surface area contributed by atoms with Gasteiger partial charge in [0.05, 0.1) is 11.7 Å². The van der Waals surface area contributed by atoms with Crippen LogP contribution in [0.3, 0.4) is 0 Å². The molecule has 0 bridgehead atoms. The quantitative estimate of drug-likeness (QED) is 0.773. The minimum atomic E-state index is -0.0254. The number of hydrogen-bond acceptors (Lipinski definition) is 4. The molecule has 1 aliphatic heterocycles. The van der Waals surface area contributed by atoms with Gasteiger partial charge in [-0.15, -0.1) is 11.3 Å². The third-order valence-corrected chi connectivity index (χ3v) is 8.31. The van der Waals surface area contributed by atoms with Gasteiger partial charge in [0.15, 0.2) is 0 Å². The first-order valence-electron chi connectivity index (χ1n) is 10.9. The van der Waals surface area contributed by atoms with E-state index >= 15 is 0 Å². The number of nitrogens with zero attached hydrogens (tertiary/aromatic N) is 3. The van der Waals surface area contributed by atoms with Crippen molar-refractivity contribution in [3.63, 3.8) is 0 Å². The zero-order valence-corrected chi connectivity index (χ0v) is 17.5. The van der Waals surface area contributed by atoms with E-state index in [2.05, 4.69) is 16.8 Å². The van der Waals surface area contributed by atoms with Crippen molar-refractivity contribution in [1.29, 1.82) is 0 Å². The molecule has 2 aromatic heterocycles. The Balaban J connectivity index is 1.43. The van der Waals surface area contributed by atoms with E-state index in [4.69, 9.17) is 0 Å². The van der Waals surface area contributed by atoms with Crippen molar-refractivity contribution >= 4 is 27.5 Å². The third kappa shape index (κ3) is 3.10. The predicted octanol–water partition coefficient (Wildman–Crippen LogP) is 3.76. The maximum absolute atomic E-state index is 13.2. The van der Waals surface area contributed by atoms with Crippen LogP contribution in [0.4, 0.5) is 0 Å². The lowest BCUT2D eigenvalue weighted by molar-refractivity contribution is -0.138. The first-order chi connectivity index (χ1) is 13.6. The van der Waals surface area contributed by atoms with Gasteiger partial charge in [-0.2, -0.15) is 0 Å². The molecule has 0 spiro atoms. The summed E-state index contributed by atoms with van der Waals surface area (Å²) in [7, 11) is 0. The fraction of sp³-hybridized carbons (Fsp3) is 0.682. The van der Waals surface area contributed by atoms with Crippen molar-refractivity contribution in [2.45, 2.75) is 77.3 Å². The zero-order chi connectivity index (χ0) is 19.3.